The number of piperazine rings is 1. The summed E-state index contributed by atoms with van der Waals surface area (Å²) in [5, 5.41) is 10.0. The SMILES string of the molecule is CC[C@@H]1CN(c2ncnc3c2cc(I)n3S(=O)(=O)c2ccccc2)CCN1C(=O)O. The average molecular weight is 541 g/mol. The van der Waals surface area contributed by atoms with Crippen LogP contribution in [0.5, 0.6) is 0 Å². The lowest BCUT2D eigenvalue weighted by Crippen LogP contribution is -2.55. The van der Waals surface area contributed by atoms with Gasteiger partial charge in [0.15, 0.2) is 5.65 Å². The van der Waals surface area contributed by atoms with E-state index in [4.69, 9.17) is 0 Å². The van der Waals surface area contributed by atoms with Gasteiger partial charge < -0.3 is 14.9 Å². The van der Waals surface area contributed by atoms with Gasteiger partial charge in [0.25, 0.3) is 10.0 Å². The Bertz CT molecular complexity index is 1200. The first kappa shape index (κ1) is 20.8. The second-order valence-electron chi connectivity index (χ2n) is 6.97. The maximum Gasteiger partial charge on any atom is 0.407 e. The van der Waals surface area contributed by atoms with Gasteiger partial charge in [0.1, 0.15) is 12.1 Å². The van der Waals surface area contributed by atoms with Crippen LogP contribution in [0.3, 0.4) is 0 Å². The van der Waals surface area contributed by atoms with Gasteiger partial charge >= 0.3 is 6.09 Å². The van der Waals surface area contributed by atoms with E-state index < -0.39 is 16.1 Å². The number of halogens is 1. The van der Waals surface area contributed by atoms with Gasteiger partial charge in [-0.05, 0) is 47.2 Å². The maximum atomic E-state index is 13.2. The molecule has 11 heteroatoms. The molecule has 1 aromatic carbocycles. The molecule has 9 nitrogen and oxygen atoms in total. The van der Waals surface area contributed by atoms with Crippen LogP contribution in [0.25, 0.3) is 11.0 Å². The Morgan fingerprint density at radius 1 is 1.23 bits per heavy atom. The Morgan fingerprint density at radius 2 is 1.97 bits per heavy atom. The van der Waals surface area contributed by atoms with Crippen molar-refractivity contribution in [3.63, 3.8) is 0 Å². The third-order valence-corrected chi connectivity index (χ3v) is 8.11. The molecule has 1 fully saturated rings. The van der Waals surface area contributed by atoms with E-state index >= 15 is 0 Å². The van der Waals surface area contributed by atoms with Crippen molar-refractivity contribution in [2.75, 3.05) is 24.5 Å². The monoisotopic (exact) mass is 541 g/mol. The molecule has 1 aliphatic heterocycles. The zero-order chi connectivity index (χ0) is 21.5. The number of hydrogen-bond acceptors (Lipinski definition) is 6. The molecule has 2 aromatic heterocycles. The summed E-state index contributed by atoms with van der Waals surface area (Å²) in [4.78, 5) is 23.8. The van der Waals surface area contributed by atoms with Crippen molar-refractivity contribution in [1.82, 2.24) is 18.8 Å². The Balaban J connectivity index is 1.79. The Morgan fingerprint density at radius 3 is 2.63 bits per heavy atom. The van der Waals surface area contributed by atoms with Crippen molar-refractivity contribution in [2.45, 2.75) is 24.3 Å². The fourth-order valence-electron chi connectivity index (χ4n) is 3.77. The van der Waals surface area contributed by atoms with Gasteiger partial charge in [-0.3, -0.25) is 0 Å². The predicted octanol–water partition coefficient (Wildman–Crippen LogP) is 2.85. The molecule has 4 rings (SSSR count). The summed E-state index contributed by atoms with van der Waals surface area (Å²) < 4.78 is 28.2. The molecule has 158 valence electrons. The number of rotatable bonds is 4. The highest BCUT2D eigenvalue weighted by molar-refractivity contribution is 14.1. The average Bonchev–Trinajstić information content (AvgIpc) is 3.10. The normalized spacial score (nSPS) is 17.5. The van der Waals surface area contributed by atoms with Gasteiger partial charge in [0, 0.05) is 19.6 Å². The number of benzene rings is 1. The van der Waals surface area contributed by atoms with E-state index in [1.807, 2.05) is 34.4 Å². The number of carboxylic acid groups (broad SMARTS) is 1. The largest absolute Gasteiger partial charge is 0.465 e. The summed E-state index contributed by atoms with van der Waals surface area (Å²) in [7, 11) is -3.82. The molecular formula is C19H20IN5O4S. The molecule has 3 heterocycles. The van der Waals surface area contributed by atoms with Gasteiger partial charge in [-0.1, -0.05) is 25.1 Å². The Hall–Kier alpha value is -2.41. The minimum atomic E-state index is -3.82. The van der Waals surface area contributed by atoms with E-state index in [-0.39, 0.29) is 10.9 Å². The van der Waals surface area contributed by atoms with Crippen molar-refractivity contribution in [3.05, 3.63) is 46.4 Å². The van der Waals surface area contributed by atoms with Gasteiger partial charge in [-0.2, -0.15) is 0 Å². The topological polar surface area (TPSA) is 109 Å². The standard InChI is InChI=1S/C19H20IN5O4S/c1-2-13-11-23(8-9-24(13)19(26)27)17-15-10-16(20)25(18(15)22-12-21-17)30(28,29)14-6-4-3-5-7-14/h3-7,10,12-13H,2,8-9,11H2,1H3,(H,26,27)/t13-/m1/s1. The summed E-state index contributed by atoms with van der Waals surface area (Å²) in [5.74, 6) is 0.614. The minimum absolute atomic E-state index is 0.157. The van der Waals surface area contributed by atoms with Crippen LogP contribution >= 0.6 is 22.6 Å². The summed E-state index contributed by atoms with van der Waals surface area (Å²) in [6, 6.07) is 9.83. The molecule has 1 N–H and O–H groups in total. The molecule has 30 heavy (non-hydrogen) atoms. The number of aromatic nitrogens is 3. The third-order valence-electron chi connectivity index (χ3n) is 5.27. The van der Waals surface area contributed by atoms with E-state index in [1.165, 1.54) is 15.2 Å². The number of anilines is 1. The summed E-state index contributed by atoms with van der Waals surface area (Å²) in [5.41, 5.74) is 0.307. The molecule has 1 atom stereocenters. The molecule has 1 amide bonds. The van der Waals surface area contributed by atoms with Crippen molar-refractivity contribution in [1.29, 1.82) is 0 Å². The van der Waals surface area contributed by atoms with Crippen LogP contribution in [0.15, 0.2) is 47.6 Å². The summed E-state index contributed by atoms with van der Waals surface area (Å²) in [6.45, 7) is 3.27. The van der Waals surface area contributed by atoms with Crippen LogP contribution in [-0.4, -0.2) is 64.1 Å². The first-order valence-corrected chi connectivity index (χ1v) is 11.9. The fraction of sp³-hybridized carbons (Fsp3) is 0.316. The first-order chi connectivity index (χ1) is 14.3. The lowest BCUT2D eigenvalue weighted by atomic mass is 10.1. The smallest absolute Gasteiger partial charge is 0.407 e. The van der Waals surface area contributed by atoms with Gasteiger partial charge in [-0.25, -0.2) is 27.2 Å². The van der Waals surface area contributed by atoms with E-state index in [9.17, 15) is 18.3 Å². The number of hydrogen-bond donors (Lipinski definition) is 1. The fourth-order valence-corrected chi connectivity index (χ4v) is 6.46. The van der Waals surface area contributed by atoms with Gasteiger partial charge in [0.05, 0.1) is 20.0 Å². The second kappa shape index (κ2) is 8.02. The van der Waals surface area contributed by atoms with Gasteiger partial charge in [0.2, 0.25) is 0 Å². The van der Waals surface area contributed by atoms with E-state index in [2.05, 4.69) is 9.97 Å². The van der Waals surface area contributed by atoms with Crippen LogP contribution in [0, 0.1) is 3.70 Å². The van der Waals surface area contributed by atoms with Crippen LogP contribution in [0.1, 0.15) is 13.3 Å². The Kier molecular flexibility index (Phi) is 5.57. The lowest BCUT2D eigenvalue weighted by Gasteiger charge is -2.40. The van der Waals surface area contributed by atoms with Crippen molar-refractivity contribution >= 4 is 55.6 Å². The highest BCUT2D eigenvalue weighted by Crippen LogP contribution is 2.31. The second-order valence-corrected chi connectivity index (χ2v) is 9.86. The maximum absolute atomic E-state index is 13.2. The quantitative estimate of drug-likeness (QED) is 0.506. The molecule has 0 bridgehead atoms. The van der Waals surface area contributed by atoms with Crippen molar-refractivity contribution < 1.29 is 18.3 Å². The third kappa shape index (κ3) is 3.49. The summed E-state index contributed by atoms with van der Waals surface area (Å²) in [6.07, 6.45) is 1.11. The van der Waals surface area contributed by atoms with Crippen molar-refractivity contribution in [3.8, 4) is 0 Å². The van der Waals surface area contributed by atoms with E-state index in [1.54, 1.807) is 36.4 Å². The lowest BCUT2D eigenvalue weighted by molar-refractivity contribution is 0.116. The van der Waals surface area contributed by atoms with Crippen LogP contribution in [-0.2, 0) is 10.0 Å². The molecule has 1 aliphatic rings. The number of amides is 1. The van der Waals surface area contributed by atoms with Crippen LogP contribution in [0.4, 0.5) is 10.6 Å². The number of carbonyl (C=O) groups is 1. The van der Waals surface area contributed by atoms with E-state index in [0.29, 0.717) is 46.6 Å². The first-order valence-electron chi connectivity index (χ1n) is 9.41. The number of fused-ring (bicyclic) bond motifs is 1. The molecule has 1 saturated heterocycles. The zero-order valence-electron chi connectivity index (χ0n) is 16.1. The van der Waals surface area contributed by atoms with Crippen molar-refractivity contribution in [2.24, 2.45) is 0 Å². The zero-order valence-corrected chi connectivity index (χ0v) is 19.1. The molecule has 0 unspecified atom stereocenters. The minimum Gasteiger partial charge on any atom is -0.465 e. The summed E-state index contributed by atoms with van der Waals surface area (Å²) >= 11 is 1.99. The highest BCUT2D eigenvalue weighted by Gasteiger charge is 2.32. The highest BCUT2D eigenvalue weighted by atomic mass is 127. The Labute approximate surface area is 187 Å². The van der Waals surface area contributed by atoms with Gasteiger partial charge in [-0.15, -0.1) is 0 Å². The molecule has 3 aromatic rings. The number of nitrogens with zero attached hydrogens (tertiary/aromatic N) is 5. The van der Waals surface area contributed by atoms with E-state index in [0.717, 1.165) is 0 Å². The molecule has 0 aliphatic carbocycles. The molecule has 0 radical (unpaired) electrons. The molecule has 0 spiro atoms. The molecule has 0 saturated carbocycles. The van der Waals surface area contributed by atoms with Crippen LogP contribution in [0.2, 0.25) is 0 Å². The molecular weight excluding hydrogens is 521 g/mol. The van der Waals surface area contributed by atoms with Crippen LogP contribution < -0.4 is 4.90 Å². The predicted molar refractivity (Wildman–Crippen MR) is 120 cm³/mol.